The lowest BCUT2D eigenvalue weighted by molar-refractivity contribution is 0.0287. The molecule has 36 heavy (non-hydrogen) atoms. The number of thiophene rings is 1. The van der Waals surface area contributed by atoms with E-state index in [0.29, 0.717) is 17.0 Å². The predicted molar refractivity (Wildman–Crippen MR) is 145 cm³/mol. The van der Waals surface area contributed by atoms with Crippen LogP contribution in [0.15, 0.2) is 65.6 Å². The van der Waals surface area contributed by atoms with Crippen LogP contribution < -0.4 is 15.6 Å². The van der Waals surface area contributed by atoms with Gasteiger partial charge in [0, 0.05) is 49.5 Å². The molecule has 1 amide bonds. The zero-order chi connectivity index (χ0) is 25.8. The Morgan fingerprint density at radius 1 is 1.17 bits per heavy atom. The summed E-state index contributed by atoms with van der Waals surface area (Å²) in [5.41, 5.74) is 2.48. The zero-order valence-electron chi connectivity index (χ0n) is 20.3. The molecular formula is C27H28ClN3O4S. The quantitative estimate of drug-likeness (QED) is 0.336. The maximum Gasteiger partial charge on any atom is 0.257 e. The fourth-order valence-electron chi connectivity index (χ4n) is 3.79. The molecule has 0 radical (unpaired) electrons. The van der Waals surface area contributed by atoms with Crippen molar-refractivity contribution < 1.29 is 14.6 Å². The molecule has 0 aliphatic rings. The first kappa shape index (κ1) is 25.9. The van der Waals surface area contributed by atoms with E-state index in [1.165, 1.54) is 11.3 Å². The van der Waals surface area contributed by atoms with Crippen molar-refractivity contribution in [2.75, 3.05) is 25.6 Å². The highest BCUT2D eigenvalue weighted by Gasteiger charge is 2.17. The second-order valence-electron chi connectivity index (χ2n) is 8.74. The number of fused-ring (bicyclic) bond motifs is 1. The molecule has 2 aromatic carbocycles. The molecule has 188 valence electrons. The van der Waals surface area contributed by atoms with E-state index >= 15 is 0 Å². The van der Waals surface area contributed by atoms with Gasteiger partial charge in [0.05, 0.1) is 18.6 Å². The Hall–Kier alpha value is -3.17. The Kier molecular flexibility index (Phi) is 8.11. The number of aromatic nitrogens is 1. The number of ether oxygens (including phenoxy) is 1. The van der Waals surface area contributed by atoms with Gasteiger partial charge in [0.2, 0.25) is 5.43 Å². The molecule has 7 nitrogen and oxygen atoms in total. The standard InChI is InChI=1S/C27H28ClN3O4S/c1-30(2)20-10-6-18(7-11-20)24(32)16-35-15-21-12-22-25(33)23(14-31(3)27(22)36-21)26(34)29-13-17-4-8-19(28)9-5-17/h4-12,14,24,32H,13,15-16H2,1-3H3,(H,29,34)/t24-/m0/s1. The molecule has 0 aliphatic carbocycles. The van der Waals surface area contributed by atoms with Gasteiger partial charge in [0.1, 0.15) is 16.5 Å². The average molecular weight is 526 g/mol. The maximum atomic E-state index is 13.1. The van der Waals surface area contributed by atoms with Gasteiger partial charge < -0.3 is 24.6 Å². The summed E-state index contributed by atoms with van der Waals surface area (Å²) in [5.74, 6) is -0.431. The van der Waals surface area contributed by atoms with Crippen LogP contribution in [0.25, 0.3) is 10.2 Å². The van der Waals surface area contributed by atoms with Gasteiger partial charge >= 0.3 is 0 Å². The summed E-state index contributed by atoms with van der Waals surface area (Å²) in [5, 5.41) is 14.4. The molecule has 1 atom stereocenters. The summed E-state index contributed by atoms with van der Waals surface area (Å²) in [7, 11) is 5.73. The summed E-state index contributed by atoms with van der Waals surface area (Å²) in [6, 6.07) is 16.6. The molecular weight excluding hydrogens is 498 g/mol. The van der Waals surface area contributed by atoms with E-state index in [1.54, 1.807) is 36.0 Å². The van der Waals surface area contributed by atoms with Gasteiger partial charge in [-0.25, -0.2) is 0 Å². The van der Waals surface area contributed by atoms with Crippen molar-refractivity contribution in [2.24, 2.45) is 7.05 Å². The highest BCUT2D eigenvalue weighted by molar-refractivity contribution is 7.18. The van der Waals surface area contributed by atoms with Gasteiger partial charge in [-0.1, -0.05) is 35.9 Å². The second kappa shape index (κ2) is 11.3. The molecule has 0 bridgehead atoms. The van der Waals surface area contributed by atoms with Gasteiger partial charge in [-0.3, -0.25) is 9.59 Å². The molecule has 2 aromatic heterocycles. The number of halogens is 1. The molecule has 9 heteroatoms. The minimum Gasteiger partial charge on any atom is -0.386 e. The van der Waals surface area contributed by atoms with Crippen LogP contribution in [0.3, 0.4) is 0 Å². The van der Waals surface area contributed by atoms with E-state index in [-0.39, 0.29) is 24.2 Å². The summed E-state index contributed by atoms with van der Waals surface area (Å²) < 4.78 is 7.53. The van der Waals surface area contributed by atoms with Gasteiger partial charge in [0.15, 0.2) is 0 Å². The number of carbonyl (C=O) groups is 1. The van der Waals surface area contributed by atoms with Gasteiger partial charge in [-0.05, 0) is 41.5 Å². The van der Waals surface area contributed by atoms with E-state index in [0.717, 1.165) is 26.5 Å². The number of aliphatic hydroxyl groups is 1. The molecule has 0 aliphatic heterocycles. The second-order valence-corrected chi connectivity index (χ2v) is 10.3. The zero-order valence-corrected chi connectivity index (χ0v) is 21.9. The predicted octanol–water partition coefficient (Wildman–Crippen LogP) is 4.50. The Bertz CT molecular complexity index is 1410. The maximum absolute atomic E-state index is 13.1. The molecule has 0 fully saturated rings. The Morgan fingerprint density at radius 2 is 1.86 bits per heavy atom. The molecule has 4 aromatic rings. The number of nitrogens with zero attached hydrogens (tertiary/aromatic N) is 2. The van der Waals surface area contributed by atoms with E-state index in [9.17, 15) is 14.7 Å². The third-order valence-corrected chi connectivity index (χ3v) is 7.27. The molecule has 0 saturated heterocycles. The van der Waals surface area contributed by atoms with Crippen LogP contribution >= 0.6 is 22.9 Å². The first-order valence-electron chi connectivity index (χ1n) is 11.4. The van der Waals surface area contributed by atoms with Crippen LogP contribution in [0, 0.1) is 0 Å². The Morgan fingerprint density at radius 3 is 2.53 bits per heavy atom. The van der Waals surface area contributed by atoms with Crippen LogP contribution in [0.4, 0.5) is 5.69 Å². The first-order valence-corrected chi connectivity index (χ1v) is 12.6. The molecule has 0 spiro atoms. The largest absolute Gasteiger partial charge is 0.386 e. The van der Waals surface area contributed by atoms with Crippen molar-refractivity contribution in [3.8, 4) is 0 Å². The Labute approximate surface area is 218 Å². The number of anilines is 1. The number of carbonyl (C=O) groups excluding carboxylic acids is 1. The lowest BCUT2D eigenvalue weighted by atomic mass is 10.1. The lowest BCUT2D eigenvalue weighted by Crippen LogP contribution is -2.29. The molecule has 0 unspecified atom stereocenters. The van der Waals surface area contributed by atoms with Crippen LogP contribution in [0.1, 0.15) is 32.5 Å². The summed E-state index contributed by atoms with van der Waals surface area (Å²) in [4.78, 5) is 29.4. The molecule has 2 N–H and O–H groups in total. The monoisotopic (exact) mass is 525 g/mol. The SMILES string of the molecule is CN(C)c1ccc([C@@H](O)COCc2cc3c(=O)c(C(=O)NCc4ccc(Cl)cc4)cn(C)c3s2)cc1. The highest BCUT2D eigenvalue weighted by Crippen LogP contribution is 2.25. The van der Waals surface area contributed by atoms with E-state index < -0.39 is 12.0 Å². The van der Waals surface area contributed by atoms with Crippen LogP contribution in [0.2, 0.25) is 5.02 Å². The number of amides is 1. The van der Waals surface area contributed by atoms with Gasteiger partial charge in [0.25, 0.3) is 5.91 Å². The number of aliphatic hydroxyl groups excluding tert-OH is 1. The van der Waals surface area contributed by atoms with Crippen molar-refractivity contribution in [3.63, 3.8) is 0 Å². The van der Waals surface area contributed by atoms with Crippen molar-refractivity contribution in [2.45, 2.75) is 19.3 Å². The van der Waals surface area contributed by atoms with Crippen molar-refractivity contribution in [3.05, 3.63) is 97.6 Å². The highest BCUT2D eigenvalue weighted by atomic mass is 35.5. The summed E-state index contributed by atoms with van der Waals surface area (Å²) in [6.07, 6.45) is 0.808. The fourth-order valence-corrected chi connectivity index (χ4v) is 4.94. The van der Waals surface area contributed by atoms with E-state index in [4.69, 9.17) is 16.3 Å². The summed E-state index contributed by atoms with van der Waals surface area (Å²) in [6.45, 7) is 0.675. The first-order chi connectivity index (χ1) is 17.2. The molecule has 4 rings (SSSR count). The van der Waals surface area contributed by atoms with Crippen LogP contribution in [0.5, 0.6) is 0 Å². The van der Waals surface area contributed by atoms with Gasteiger partial charge in [-0.2, -0.15) is 0 Å². The topological polar surface area (TPSA) is 83.8 Å². The smallest absolute Gasteiger partial charge is 0.257 e. The van der Waals surface area contributed by atoms with Crippen LogP contribution in [-0.2, 0) is 24.9 Å². The third-order valence-electron chi connectivity index (χ3n) is 5.82. The minimum absolute atomic E-state index is 0.0841. The van der Waals surface area contributed by atoms with Crippen LogP contribution in [-0.4, -0.2) is 36.3 Å². The number of nitrogens with one attached hydrogen (secondary N) is 1. The summed E-state index contributed by atoms with van der Waals surface area (Å²) >= 11 is 7.33. The number of rotatable bonds is 9. The number of aryl methyl sites for hydroxylation is 1. The fraction of sp³-hybridized carbons (Fsp3) is 0.259. The van der Waals surface area contributed by atoms with Crippen molar-refractivity contribution in [1.82, 2.24) is 9.88 Å². The molecule has 0 saturated carbocycles. The van der Waals surface area contributed by atoms with E-state index in [2.05, 4.69) is 5.32 Å². The lowest BCUT2D eigenvalue weighted by Gasteiger charge is -2.15. The normalized spacial score (nSPS) is 12.0. The minimum atomic E-state index is -0.752. The van der Waals surface area contributed by atoms with Gasteiger partial charge in [-0.15, -0.1) is 11.3 Å². The number of pyridine rings is 1. The molecule has 2 heterocycles. The van der Waals surface area contributed by atoms with E-state index in [1.807, 2.05) is 55.4 Å². The number of hydrogen-bond donors (Lipinski definition) is 2. The third kappa shape index (κ3) is 5.96. The van der Waals surface area contributed by atoms with Crippen molar-refractivity contribution in [1.29, 1.82) is 0 Å². The van der Waals surface area contributed by atoms with Crippen molar-refractivity contribution >= 4 is 44.7 Å². The Balaban J connectivity index is 1.41. The average Bonchev–Trinajstić information content (AvgIpc) is 3.31. The number of hydrogen-bond acceptors (Lipinski definition) is 6. The number of benzene rings is 2.